The third-order valence-electron chi connectivity index (χ3n) is 1.14. The van der Waals surface area contributed by atoms with E-state index in [0.29, 0.717) is 6.42 Å². The quantitative estimate of drug-likeness (QED) is 0.741. The second-order valence-electron chi connectivity index (χ2n) is 2.56. The van der Waals surface area contributed by atoms with Crippen molar-refractivity contribution in [3.8, 4) is 0 Å². The van der Waals surface area contributed by atoms with Crippen LogP contribution in [0.15, 0.2) is 0 Å². The highest BCUT2D eigenvalue weighted by Gasteiger charge is 1.77. The van der Waals surface area contributed by atoms with Crippen molar-refractivity contribution in [1.82, 2.24) is 5.32 Å². The molecule has 18 heavy (non-hydrogen) atoms. The second-order valence-corrected chi connectivity index (χ2v) is 2.56. The fourth-order valence-corrected chi connectivity index (χ4v) is 0. The maximum Gasteiger partial charge on any atom is 0.302 e. The van der Waals surface area contributed by atoms with Crippen LogP contribution in [-0.4, -0.2) is 31.8 Å². The molecule has 0 aliphatic heterocycles. The van der Waals surface area contributed by atoms with Crippen molar-refractivity contribution in [2.24, 2.45) is 0 Å². The Morgan fingerprint density at radius 2 is 1.17 bits per heavy atom. The Balaban J connectivity index is -0.0000000277. The summed E-state index contributed by atoms with van der Waals surface area (Å²) in [4.78, 5) is 29.1. The highest BCUT2D eigenvalue weighted by atomic mass is 16.5. The van der Waals surface area contributed by atoms with Gasteiger partial charge in [0.2, 0.25) is 5.91 Å². The number of Topliss-reactive ketones (excluding diaryl/α,β-unsaturated/α-hetero) is 1. The van der Waals surface area contributed by atoms with Gasteiger partial charge in [0.1, 0.15) is 5.78 Å². The fourth-order valence-electron chi connectivity index (χ4n) is 0. The standard InChI is InChI=1S/C4H8O.C3H7NO.C3H6O2.3CH4/c1-3-4(2)5;1-3(5)4-2;1-3(4)5-2;;;/h3H2,1-2H3;1-2H3,(H,4,5);1-2H3;3*1H4. The number of hydrogen-bond acceptors (Lipinski definition) is 4. The smallest absolute Gasteiger partial charge is 0.302 e. The van der Waals surface area contributed by atoms with Crippen LogP contribution in [0.4, 0.5) is 0 Å². The summed E-state index contributed by atoms with van der Waals surface area (Å²) < 4.78 is 4.11. The fraction of sp³-hybridized carbons (Fsp3) is 0.769. The van der Waals surface area contributed by atoms with Gasteiger partial charge in [-0.3, -0.25) is 9.59 Å². The molecule has 0 aliphatic rings. The van der Waals surface area contributed by atoms with Crippen LogP contribution in [-0.2, 0) is 19.1 Å². The van der Waals surface area contributed by atoms with E-state index in [9.17, 15) is 14.4 Å². The topological polar surface area (TPSA) is 72.5 Å². The Labute approximate surface area is 113 Å². The van der Waals surface area contributed by atoms with Crippen molar-refractivity contribution in [1.29, 1.82) is 0 Å². The number of carbonyl (C=O) groups excluding carboxylic acids is 3. The Morgan fingerprint density at radius 1 is 1.00 bits per heavy atom. The second kappa shape index (κ2) is 29.6. The van der Waals surface area contributed by atoms with Gasteiger partial charge in [-0.15, -0.1) is 0 Å². The summed E-state index contributed by atoms with van der Waals surface area (Å²) in [5, 5.41) is 2.39. The van der Waals surface area contributed by atoms with E-state index >= 15 is 0 Å². The number of esters is 1. The molecule has 0 rings (SSSR count). The predicted octanol–water partition coefficient (Wildman–Crippen LogP) is 2.83. The summed E-state index contributed by atoms with van der Waals surface area (Å²) >= 11 is 0. The van der Waals surface area contributed by atoms with Gasteiger partial charge in [-0.2, -0.15) is 0 Å². The monoisotopic (exact) mass is 267 g/mol. The van der Waals surface area contributed by atoms with Crippen molar-refractivity contribution < 1.29 is 19.1 Å². The molecule has 0 atom stereocenters. The van der Waals surface area contributed by atoms with E-state index in [-0.39, 0.29) is 39.9 Å². The summed E-state index contributed by atoms with van der Waals surface area (Å²) in [6, 6.07) is 0. The van der Waals surface area contributed by atoms with Crippen molar-refractivity contribution in [3.05, 3.63) is 0 Å². The average molecular weight is 267 g/mol. The van der Waals surface area contributed by atoms with E-state index in [4.69, 9.17) is 0 Å². The van der Waals surface area contributed by atoms with Gasteiger partial charge >= 0.3 is 5.97 Å². The molecule has 5 heteroatoms. The first-order valence-corrected chi connectivity index (χ1v) is 4.54. The van der Waals surface area contributed by atoms with Crippen LogP contribution >= 0.6 is 0 Å². The zero-order chi connectivity index (χ0) is 12.9. The lowest BCUT2D eigenvalue weighted by atomic mass is 10.4. The van der Waals surface area contributed by atoms with Gasteiger partial charge in [0.05, 0.1) is 7.11 Å². The summed E-state index contributed by atoms with van der Waals surface area (Å²) in [5.41, 5.74) is 0. The molecule has 0 aromatic rings. The number of methoxy groups -OCH3 is 1. The minimum atomic E-state index is -0.245. The summed E-state index contributed by atoms with van der Waals surface area (Å²) in [6.45, 7) is 6.27. The molecule has 0 aromatic heterocycles. The zero-order valence-electron chi connectivity index (χ0n) is 10.3. The normalized spacial score (nSPS) is 5.89. The average Bonchev–Trinajstić information content (AvgIpc) is 2.19. The van der Waals surface area contributed by atoms with Crippen LogP contribution in [0.3, 0.4) is 0 Å². The van der Waals surface area contributed by atoms with Gasteiger partial charge in [0.25, 0.3) is 0 Å². The first-order valence-electron chi connectivity index (χ1n) is 4.54. The Bertz CT molecular complexity index is 158. The number of hydrogen-bond donors (Lipinski definition) is 1. The number of ether oxygens (including phenoxy) is 1. The summed E-state index contributed by atoms with van der Waals surface area (Å²) in [7, 11) is 2.95. The van der Waals surface area contributed by atoms with Crippen LogP contribution in [0.1, 0.15) is 56.4 Å². The highest BCUT2D eigenvalue weighted by molar-refractivity contribution is 5.74. The molecule has 0 spiro atoms. The third kappa shape index (κ3) is 127. The Kier molecular flexibility index (Phi) is 59.1. The SMILES string of the molecule is C.C.C.CCC(C)=O.CNC(C)=O.COC(C)=O. The van der Waals surface area contributed by atoms with Gasteiger partial charge < -0.3 is 14.8 Å². The lowest BCUT2D eigenvalue weighted by Gasteiger charge is -1.80. The maximum atomic E-state index is 9.81. The van der Waals surface area contributed by atoms with E-state index in [0.717, 1.165) is 0 Å². The molecule has 0 aliphatic carbocycles. The molecule has 5 nitrogen and oxygen atoms in total. The highest BCUT2D eigenvalue weighted by Crippen LogP contribution is 1.71. The number of rotatable bonds is 1. The van der Waals surface area contributed by atoms with Crippen molar-refractivity contribution >= 4 is 17.7 Å². The van der Waals surface area contributed by atoms with Crippen LogP contribution in [0, 0.1) is 0 Å². The van der Waals surface area contributed by atoms with Gasteiger partial charge in [-0.05, 0) is 6.92 Å². The number of nitrogens with one attached hydrogen (secondary N) is 1. The zero-order valence-corrected chi connectivity index (χ0v) is 10.3. The first-order chi connectivity index (χ1) is 6.81. The molecule has 0 fully saturated rings. The molecule has 0 unspecified atom stereocenters. The lowest BCUT2D eigenvalue weighted by Crippen LogP contribution is -2.11. The van der Waals surface area contributed by atoms with E-state index in [2.05, 4.69) is 10.1 Å². The Hall–Kier alpha value is -1.39. The molecule has 0 heterocycles. The summed E-state index contributed by atoms with van der Waals surface area (Å²) in [5.74, 6) is 0.0139. The molecule has 114 valence electrons. The van der Waals surface area contributed by atoms with Crippen LogP contribution in [0.5, 0.6) is 0 Å². The van der Waals surface area contributed by atoms with Crippen molar-refractivity contribution in [2.45, 2.75) is 56.4 Å². The summed E-state index contributed by atoms with van der Waals surface area (Å²) in [6.07, 6.45) is 0.667. The van der Waals surface area contributed by atoms with Crippen LogP contribution in [0.2, 0.25) is 0 Å². The molecular formula is C13H33NO4. The molecule has 0 bridgehead atoms. The van der Waals surface area contributed by atoms with E-state index in [1.807, 2.05) is 6.92 Å². The first kappa shape index (κ1) is 36.0. The minimum Gasteiger partial charge on any atom is -0.469 e. The lowest BCUT2D eigenvalue weighted by molar-refractivity contribution is -0.138. The van der Waals surface area contributed by atoms with Gasteiger partial charge in [-0.1, -0.05) is 29.2 Å². The number of ketones is 1. The molecule has 0 aromatic carbocycles. The number of amides is 1. The van der Waals surface area contributed by atoms with Crippen molar-refractivity contribution in [3.63, 3.8) is 0 Å². The molecule has 0 radical (unpaired) electrons. The maximum absolute atomic E-state index is 9.81. The van der Waals surface area contributed by atoms with E-state index < -0.39 is 0 Å². The minimum absolute atomic E-state index is 0. The van der Waals surface area contributed by atoms with Gasteiger partial charge in [0.15, 0.2) is 0 Å². The van der Waals surface area contributed by atoms with Crippen molar-refractivity contribution in [2.75, 3.05) is 14.2 Å². The molecule has 1 N–H and O–H groups in total. The Morgan fingerprint density at radius 3 is 1.17 bits per heavy atom. The largest absolute Gasteiger partial charge is 0.469 e. The van der Waals surface area contributed by atoms with E-state index in [1.165, 1.54) is 21.0 Å². The molecule has 1 amide bonds. The molecule has 0 saturated carbocycles. The van der Waals surface area contributed by atoms with Gasteiger partial charge in [0, 0.05) is 27.3 Å². The van der Waals surface area contributed by atoms with Gasteiger partial charge in [-0.25, -0.2) is 0 Å². The van der Waals surface area contributed by atoms with Crippen LogP contribution in [0.25, 0.3) is 0 Å². The van der Waals surface area contributed by atoms with E-state index in [1.54, 1.807) is 14.0 Å². The molecular weight excluding hydrogens is 234 g/mol. The number of carbonyl (C=O) groups is 3. The predicted molar refractivity (Wildman–Crippen MR) is 78.6 cm³/mol. The molecule has 0 saturated heterocycles. The third-order valence-corrected chi connectivity index (χ3v) is 1.14. The van der Waals surface area contributed by atoms with Crippen LogP contribution < -0.4 is 5.32 Å².